The van der Waals surface area contributed by atoms with Gasteiger partial charge in [0, 0.05) is 27.7 Å². The first kappa shape index (κ1) is 29.2. The van der Waals surface area contributed by atoms with Crippen molar-refractivity contribution < 1.29 is 23.8 Å². The standard InChI is InChI=1S/C32H34ClFN2O4/c1-17(2)22-8-7-9-23(12-22)19(4)35-31(37)24-10-11-29-26(13-24)18(3)20(5)36(29)16-25-14-30(27(33)15-28(25)34)40-21(6)32(38)39/h7-15,17,19,21H,16H2,1-6H3,(H,35,37)(H,38,39)/t19-,21-/m0/s1. The number of nitrogens with one attached hydrogen (secondary N) is 1. The molecule has 0 saturated carbocycles. The molecule has 1 aromatic heterocycles. The maximum atomic E-state index is 14.9. The number of aliphatic carboxylic acids is 1. The monoisotopic (exact) mass is 564 g/mol. The Morgan fingerprint density at radius 1 is 1.02 bits per heavy atom. The molecule has 4 aromatic rings. The second kappa shape index (κ2) is 11.7. The first-order chi connectivity index (χ1) is 18.9. The van der Waals surface area contributed by atoms with Crippen LogP contribution in [0, 0.1) is 19.7 Å². The van der Waals surface area contributed by atoms with Crippen LogP contribution in [0.15, 0.2) is 54.6 Å². The number of amides is 1. The van der Waals surface area contributed by atoms with Gasteiger partial charge in [0.15, 0.2) is 6.10 Å². The van der Waals surface area contributed by atoms with E-state index in [9.17, 15) is 19.1 Å². The van der Waals surface area contributed by atoms with Crippen LogP contribution in [-0.2, 0) is 11.3 Å². The van der Waals surface area contributed by atoms with Crippen molar-refractivity contribution in [2.75, 3.05) is 0 Å². The van der Waals surface area contributed by atoms with E-state index in [-0.39, 0.29) is 29.3 Å². The van der Waals surface area contributed by atoms with Crippen molar-refractivity contribution in [3.8, 4) is 5.75 Å². The number of aromatic nitrogens is 1. The fourth-order valence-corrected chi connectivity index (χ4v) is 4.93. The van der Waals surface area contributed by atoms with E-state index in [0.29, 0.717) is 17.0 Å². The number of hydrogen-bond acceptors (Lipinski definition) is 3. The molecule has 0 aliphatic rings. The number of carbonyl (C=O) groups is 2. The Labute approximate surface area is 238 Å². The summed E-state index contributed by atoms with van der Waals surface area (Å²) in [6.07, 6.45) is -1.14. The van der Waals surface area contributed by atoms with Crippen molar-refractivity contribution in [2.45, 2.75) is 66.2 Å². The largest absolute Gasteiger partial charge is 0.479 e. The molecule has 0 radical (unpaired) electrons. The van der Waals surface area contributed by atoms with Crippen molar-refractivity contribution in [3.05, 3.63) is 98.9 Å². The quantitative estimate of drug-likeness (QED) is 0.220. The number of rotatable bonds is 9. The lowest BCUT2D eigenvalue weighted by Crippen LogP contribution is -2.26. The molecule has 0 fully saturated rings. The predicted molar refractivity (Wildman–Crippen MR) is 156 cm³/mol. The minimum absolute atomic E-state index is 0.000400. The molecule has 0 aliphatic carbocycles. The molecule has 2 atom stereocenters. The molecule has 0 bridgehead atoms. The van der Waals surface area contributed by atoms with Gasteiger partial charge in [-0.1, -0.05) is 49.7 Å². The highest BCUT2D eigenvalue weighted by molar-refractivity contribution is 6.32. The Hall–Kier alpha value is -3.84. The summed E-state index contributed by atoms with van der Waals surface area (Å²) in [5, 5.41) is 13.2. The predicted octanol–water partition coefficient (Wildman–Crippen LogP) is 7.57. The van der Waals surface area contributed by atoms with Gasteiger partial charge in [0.05, 0.1) is 17.6 Å². The number of aryl methyl sites for hydroxylation is 1. The van der Waals surface area contributed by atoms with Gasteiger partial charge in [-0.25, -0.2) is 9.18 Å². The SMILES string of the molecule is Cc1c(C)n(Cc2cc(O[C@@H](C)C(=O)O)c(Cl)cc2F)c2ccc(C(=O)N[C@@H](C)c3cccc(C(C)C)c3)cc12. The number of carbonyl (C=O) groups excluding carboxylic acids is 1. The number of hydrogen-bond donors (Lipinski definition) is 2. The Bertz CT molecular complexity index is 1590. The van der Waals surface area contributed by atoms with E-state index < -0.39 is 17.9 Å². The van der Waals surface area contributed by atoms with E-state index in [2.05, 4.69) is 31.3 Å². The van der Waals surface area contributed by atoms with Gasteiger partial charge in [0.1, 0.15) is 11.6 Å². The van der Waals surface area contributed by atoms with Crippen LogP contribution in [0.5, 0.6) is 5.75 Å². The van der Waals surface area contributed by atoms with E-state index >= 15 is 0 Å². The maximum absolute atomic E-state index is 14.9. The van der Waals surface area contributed by atoms with Crippen LogP contribution in [0.2, 0.25) is 5.02 Å². The smallest absolute Gasteiger partial charge is 0.344 e. The number of ether oxygens (including phenoxy) is 1. The summed E-state index contributed by atoms with van der Waals surface area (Å²) in [4.78, 5) is 24.4. The van der Waals surface area contributed by atoms with Crippen molar-refractivity contribution >= 4 is 34.4 Å². The third-order valence-electron chi connectivity index (χ3n) is 7.41. The van der Waals surface area contributed by atoms with Crippen LogP contribution in [0.3, 0.4) is 0 Å². The van der Waals surface area contributed by atoms with Gasteiger partial charge in [-0.15, -0.1) is 0 Å². The lowest BCUT2D eigenvalue weighted by atomic mass is 9.98. The zero-order chi connectivity index (χ0) is 29.3. The average Bonchev–Trinajstić information content (AvgIpc) is 3.15. The highest BCUT2D eigenvalue weighted by Crippen LogP contribution is 2.32. The summed E-state index contributed by atoms with van der Waals surface area (Å²) in [5.41, 5.74) is 5.85. The van der Waals surface area contributed by atoms with E-state index in [1.807, 2.05) is 49.6 Å². The van der Waals surface area contributed by atoms with Crippen LogP contribution in [0.1, 0.15) is 78.0 Å². The normalized spacial score (nSPS) is 12.9. The number of fused-ring (bicyclic) bond motifs is 1. The lowest BCUT2D eigenvalue weighted by Gasteiger charge is -2.17. The van der Waals surface area contributed by atoms with E-state index in [4.69, 9.17) is 16.3 Å². The molecule has 1 heterocycles. The number of nitrogens with zero attached hydrogens (tertiary/aromatic N) is 1. The maximum Gasteiger partial charge on any atom is 0.344 e. The molecule has 0 unspecified atom stereocenters. The summed E-state index contributed by atoms with van der Waals surface area (Å²) in [6.45, 7) is 11.7. The Morgan fingerprint density at radius 2 is 1.73 bits per heavy atom. The van der Waals surface area contributed by atoms with Gasteiger partial charge in [0.2, 0.25) is 0 Å². The van der Waals surface area contributed by atoms with Crippen LogP contribution in [0.25, 0.3) is 10.9 Å². The molecule has 6 nitrogen and oxygen atoms in total. The van der Waals surface area contributed by atoms with Crippen LogP contribution in [-0.4, -0.2) is 27.7 Å². The first-order valence-electron chi connectivity index (χ1n) is 13.2. The second-order valence-corrected chi connectivity index (χ2v) is 10.9. The second-order valence-electron chi connectivity index (χ2n) is 10.5. The van der Waals surface area contributed by atoms with Crippen molar-refractivity contribution in [1.29, 1.82) is 0 Å². The van der Waals surface area contributed by atoms with E-state index in [1.54, 1.807) is 6.07 Å². The Kier molecular flexibility index (Phi) is 8.54. The summed E-state index contributed by atoms with van der Waals surface area (Å²) in [6, 6.07) is 16.2. The van der Waals surface area contributed by atoms with Crippen molar-refractivity contribution in [1.82, 2.24) is 9.88 Å². The Morgan fingerprint density at radius 3 is 2.40 bits per heavy atom. The minimum Gasteiger partial charge on any atom is -0.479 e. The molecule has 1 amide bonds. The molecule has 4 rings (SSSR count). The van der Waals surface area contributed by atoms with Gasteiger partial charge in [-0.2, -0.15) is 0 Å². The van der Waals surface area contributed by atoms with Crippen LogP contribution < -0.4 is 10.1 Å². The topological polar surface area (TPSA) is 80.6 Å². The number of carboxylic acid groups (broad SMARTS) is 1. The highest BCUT2D eigenvalue weighted by atomic mass is 35.5. The van der Waals surface area contributed by atoms with E-state index in [1.165, 1.54) is 18.6 Å². The third-order valence-corrected chi connectivity index (χ3v) is 7.70. The molecule has 8 heteroatoms. The van der Waals surface area contributed by atoms with Crippen LogP contribution in [0.4, 0.5) is 4.39 Å². The van der Waals surface area contributed by atoms with Crippen LogP contribution >= 0.6 is 11.6 Å². The third kappa shape index (κ3) is 5.99. The lowest BCUT2D eigenvalue weighted by molar-refractivity contribution is -0.144. The fourth-order valence-electron chi connectivity index (χ4n) is 4.74. The zero-order valence-electron chi connectivity index (χ0n) is 23.5. The van der Waals surface area contributed by atoms with Gasteiger partial charge in [0.25, 0.3) is 5.91 Å². The number of carboxylic acids is 1. The molecule has 3 aromatic carbocycles. The minimum atomic E-state index is -1.15. The van der Waals surface area contributed by atoms with Gasteiger partial charge in [-0.05, 0) is 80.6 Å². The van der Waals surface area contributed by atoms with Crippen molar-refractivity contribution in [2.24, 2.45) is 0 Å². The molecule has 210 valence electrons. The molecule has 0 spiro atoms. The van der Waals surface area contributed by atoms with Gasteiger partial charge < -0.3 is 19.7 Å². The van der Waals surface area contributed by atoms with Gasteiger partial charge >= 0.3 is 5.97 Å². The van der Waals surface area contributed by atoms with E-state index in [0.717, 1.165) is 33.8 Å². The highest BCUT2D eigenvalue weighted by Gasteiger charge is 2.20. The first-order valence-corrected chi connectivity index (χ1v) is 13.6. The Balaban J connectivity index is 1.61. The molecule has 2 N–H and O–H groups in total. The summed E-state index contributed by atoms with van der Waals surface area (Å²) < 4.78 is 22.3. The molecule has 40 heavy (non-hydrogen) atoms. The number of halogens is 2. The molecular weight excluding hydrogens is 531 g/mol. The van der Waals surface area contributed by atoms with Crippen molar-refractivity contribution in [3.63, 3.8) is 0 Å². The summed E-state index contributed by atoms with van der Waals surface area (Å²) in [5.74, 6) is -1.35. The molecule has 0 aliphatic heterocycles. The summed E-state index contributed by atoms with van der Waals surface area (Å²) >= 11 is 6.12. The summed E-state index contributed by atoms with van der Waals surface area (Å²) in [7, 11) is 0. The molecular formula is C32H34ClFN2O4. The number of benzene rings is 3. The average molecular weight is 565 g/mol. The zero-order valence-corrected chi connectivity index (χ0v) is 24.3. The molecule has 0 saturated heterocycles. The van der Waals surface area contributed by atoms with Gasteiger partial charge in [-0.3, -0.25) is 4.79 Å². The fraction of sp³-hybridized carbons (Fsp3) is 0.312.